The fourth-order valence-corrected chi connectivity index (χ4v) is 2.64. The second kappa shape index (κ2) is 8.22. The van der Waals surface area contributed by atoms with Gasteiger partial charge in [0.15, 0.2) is 0 Å². The van der Waals surface area contributed by atoms with Crippen molar-refractivity contribution >= 4 is 24.0 Å². The number of rotatable bonds is 4. The van der Waals surface area contributed by atoms with Crippen LogP contribution in [0.25, 0.3) is 0 Å². The third-order valence-electron chi connectivity index (χ3n) is 3.84. The fourth-order valence-electron chi connectivity index (χ4n) is 2.64. The number of carbonyl (C=O) groups is 1. The molecule has 2 N–H and O–H groups in total. The lowest BCUT2D eigenvalue weighted by molar-refractivity contribution is -0.117. The van der Waals surface area contributed by atoms with Gasteiger partial charge in [-0.3, -0.25) is 4.79 Å². The summed E-state index contributed by atoms with van der Waals surface area (Å²) in [6, 6.07) is 6.27. The maximum absolute atomic E-state index is 13.4. The Labute approximate surface area is 125 Å². The van der Waals surface area contributed by atoms with Crippen molar-refractivity contribution in [3.63, 3.8) is 0 Å². The number of para-hydroxylation sites is 1. The SMILES string of the molecule is CC(CC(=O)Nc1ccccc1F)C1CCNCC1.Cl. The highest BCUT2D eigenvalue weighted by Gasteiger charge is 2.22. The van der Waals surface area contributed by atoms with Gasteiger partial charge >= 0.3 is 0 Å². The standard InChI is InChI=1S/C15H21FN2O.ClH/c1-11(12-6-8-17-9-7-12)10-15(19)18-14-5-3-2-4-13(14)16;/h2-5,11-12,17H,6-10H2,1H3,(H,18,19);1H. The molecule has 5 heteroatoms. The van der Waals surface area contributed by atoms with Crippen LogP contribution in [0.3, 0.4) is 0 Å². The zero-order valence-corrected chi connectivity index (χ0v) is 12.5. The van der Waals surface area contributed by atoms with Crippen molar-refractivity contribution in [2.45, 2.75) is 26.2 Å². The van der Waals surface area contributed by atoms with Gasteiger partial charge in [0.1, 0.15) is 5.82 Å². The average Bonchev–Trinajstić information content (AvgIpc) is 2.42. The molecule has 1 heterocycles. The molecule has 2 rings (SSSR count). The number of carbonyl (C=O) groups excluding carboxylic acids is 1. The van der Waals surface area contributed by atoms with Crippen LogP contribution in [-0.4, -0.2) is 19.0 Å². The maximum atomic E-state index is 13.4. The average molecular weight is 301 g/mol. The van der Waals surface area contributed by atoms with Crippen LogP contribution in [0.5, 0.6) is 0 Å². The summed E-state index contributed by atoms with van der Waals surface area (Å²) >= 11 is 0. The summed E-state index contributed by atoms with van der Waals surface area (Å²) < 4.78 is 13.4. The van der Waals surface area contributed by atoms with E-state index >= 15 is 0 Å². The predicted octanol–water partition coefficient (Wildman–Crippen LogP) is 3.21. The van der Waals surface area contributed by atoms with Crippen molar-refractivity contribution < 1.29 is 9.18 Å². The molecule has 0 aliphatic carbocycles. The number of hydrogen-bond donors (Lipinski definition) is 2. The number of piperidine rings is 1. The van der Waals surface area contributed by atoms with Crippen LogP contribution < -0.4 is 10.6 Å². The van der Waals surface area contributed by atoms with E-state index in [0.717, 1.165) is 25.9 Å². The topological polar surface area (TPSA) is 41.1 Å². The number of benzene rings is 1. The van der Waals surface area contributed by atoms with Gasteiger partial charge in [-0.25, -0.2) is 4.39 Å². The molecule has 0 aromatic heterocycles. The molecule has 0 saturated carbocycles. The monoisotopic (exact) mass is 300 g/mol. The second-order valence-corrected chi connectivity index (χ2v) is 5.30. The van der Waals surface area contributed by atoms with E-state index in [4.69, 9.17) is 0 Å². The van der Waals surface area contributed by atoms with E-state index in [1.165, 1.54) is 6.07 Å². The summed E-state index contributed by atoms with van der Waals surface area (Å²) in [4.78, 5) is 11.9. The highest BCUT2D eigenvalue weighted by atomic mass is 35.5. The molecule has 0 radical (unpaired) electrons. The molecule has 0 spiro atoms. The normalized spacial score (nSPS) is 17.1. The molecular formula is C15H22ClFN2O. The van der Waals surface area contributed by atoms with Gasteiger partial charge in [0.05, 0.1) is 5.69 Å². The lowest BCUT2D eigenvalue weighted by atomic mass is 9.84. The number of amides is 1. The number of nitrogens with one attached hydrogen (secondary N) is 2. The minimum absolute atomic E-state index is 0. The molecule has 1 aliphatic heterocycles. The second-order valence-electron chi connectivity index (χ2n) is 5.30. The van der Waals surface area contributed by atoms with Gasteiger partial charge in [-0.05, 0) is 49.9 Å². The summed E-state index contributed by atoms with van der Waals surface area (Å²) in [6.07, 6.45) is 2.70. The minimum Gasteiger partial charge on any atom is -0.324 e. The highest BCUT2D eigenvalue weighted by molar-refractivity contribution is 5.90. The van der Waals surface area contributed by atoms with E-state index in [2.05, 4.69) is 17.6 Å². The minimum atomic E-state index is -0.384. The molecule has 1 saturated heterocycles. The summed E-state index contributed by atoms with van der Waals surface area (Å²) in [5.41, 5.74) is 0.269. The van der Waals surface area contributed by atoms with Crippen molar-refractivity contribution in [1.29, 1.82) is 0 Å². The third kappa shape index (κ3) is 4.76. The molecule has 3 nitrogen and oxygen atoms in total. The summed E-state index contributed by atoms with van der Waals surface area (Å²) in [5.74, 6) is 0.447. The Hall–Kier alpha value is -1.13. The quantitative estimate of drug-likeness (QED) is 0.896. The van der Waals surface area contributed by atoms with Gasteiger partial charge in [-0.2, -0.15) is 0 Å². The molecule has 112 valence electrons. The molecule has 1 amide bonds. The summed E-state index contributed by atoms with van der Waals surface area (Å²) in [6.45, 7) is 4.17. The molecule has 1 aliphatic rings. The maximum Gasteiger partial charge on any atom is 0.224 e. The van der Waals surface area contributed by atoms with Gasteiger partial charge in [0.2, 0.25) is 5.91 Å². The van der Waals surface area contributed by atoms with E-state index in [9.17, 15) is 9.18 Å². The van der Waals surface area contributed by atoms with Gasteiger partial charge in [-0.15, -0.1) is 12.4 Å². The van der Waals surface area contributed by atoms with Crippen molar-refractivity contribution in [3.05, 3.63) is 30.1 Å². The Balaban J connectivity index is 0.00000200. The third-order valence-corrected chi connectivity index (χ3v) is 3.84. The molecular weight excluding hydrogens is 279 g/mol. The lowest BCUT2D eigenvalue weighted by Crippen LogP contribution is -2.32. The smallest absolute Gasteiger partial charge is 0.224 e. The first-order valence-corrected chi connectivity index (χ1v) is 6.92. The largest absolute Gasteiger partial charge is 0.324 e. The summed E-state index contributed by atoms with van der Waals surface area (Å²) in [5, 5.41) is 5.97. The van der Waals surface area contributed by atoms with Crippen LogP contribution in [0.2, 0.25) is 0 Å². The first-order chi connectivity index (χ1) is 9.16. The Morgan fingerprint density at radius 2 is 2.05 bits per heavy atom. The summed E-state index contributed by atoms with van der Waals surface area (Å²) in [7, 11) is 0. The van der Waals surface area contributed by atoms with Gasteiger partial charge < -0.3 is 10.6 Å². The van der Waals surface area contributed by atoms with Crippen LogP contribution in [0, 0.1) is 17.7 Å². The molecule has 1 fully saturated rings. The Bertz CT molecular complexity index is 436. The predicted molar refractivity (Wildman–Crippen MR) is 81.7 cm³/mol. The van der Waals surface area contributed by atoms with Crippen molar-refractivity contribution in [2.24, 2.45) is 11.8 Å². The van der Waals surface area contributed by atoms with E-state index in [1.54, 1.807) is 18.2 Å². The molecule has 20 heavy (non-hydrogen) atoms. The lowest BCUT2D eigenvalue weighted by Gasteiger charge is -2.27. The number of anilines is 1. The first kappa shape index (κ1) is 16.9. The van der Waals surface area contributed by atoms with Crippen LogP contribution in [0.15, 0.2) is 24.3 Å². The van der Waals surface area contributed by atoms with Gasteiger partial charge in [0.25, 0.3) is 0 Å². The molecule has 1 unspecified atom stereocenters. The van der Waals surface area contributed by atoms with E-state index in [1.807, 2.05) is 0 Å². The van der Waals surface area contributed by atoms with Gasteiger partial charge in [-0.1, -0.05) is 19.1 Å². The number of hydrogen-bond acceptors (Lipinski definition) is 2. The number of halogens is 2. The van der Waals surface area contributed by atoms with Crippen LogP contribution >= 0.6 is 12.4 Å². The molecule has 1 aromatic carbocycles. The molecule has 1 atom stereocenters. The Morgan fingerprint density at radius 3 is 2.70 bits per heavy atom. The van der Waals surface area contributed by atoms with E-state index < -0.39 is 0 Å². The Morgan fingerprint density at radius 1 is 1.40 bits per heavy atom. The zero-order chi connectivity index (χ0) is 13.7. The Kier molecular flexibility index (Phi) is 6.96. The molecule has 1 aromatic rings. The van der Waals surface area contributed by atoms with Crippen LogP contribution in [0.1, 0.15) is 26.2 Å². The zero-order valence-electron chi connectivity index (χ0n) is 11.7. The first-order valence-electron chi connectivity index (χ1n) is 6.92. The van der Waals surface area contributed by atoms with E-state index in [-0.39, 0.29) is 29.8 Å². The van der Waals surface area contributed by atoms with Gasteiger partial charge in [0, 0.05) is 6.42 Å². The van der Waals surface area contributed by atoms with Crippen LogP contribution in [0.4, 0.5) is 10.1 Å². The van der Waals surface area contributed by atoms with Crippen LogP contribution in [-0.2, 0) is 4.79 Å². The van der Waals surface area contributed by atoms with Crippen molar-refractivity contribution in [2.75, 3.05) is 18.4 Å². The fraction of sp³-hybridized carbons (Fsp3) is 0.533. The van der Waals surface area contributed by atoms with Crippen molar-refractivity contribution in [1.82, 2.24) is 5.32 Å². The van der Waals surface area contributed by atoms with Crippen molar-refractivity contribution in [3.8, 4) is 0 Å². The highest BCUT2D eigenvalue weighted by Crippen LogP contribution is 2.24. The van der Waals surface area contributed by atoms with E-state index in [0.29, 0.717) is 18.3 Å². The molecule has 0 bridgehead atoms.